The first kappa shape index (κ1) is 16.7. The van der Waals surface area contributed by atoms with Crippen LogP contribution in [0, 0.1) is 5.92 Å². The normalized spacial score (nSPS) is 20.3. The molecule has 0 bridgehead atoms. The van der Waals surface area contributed by atoms with Crippen LogP contribution in [0.3, 0.4) is 0 Å². The summed E-state index contributed by atoms with van der Waals surface area (Å²) in [4.78, 5) is 30.3. The third-order valence-electron chi connectivity index (χ3n) is 4.16. The van der Waals surface area contributed by atoms with E-state index in [4.69, 9.17) is 23.2 Å². The summed E-state index contributed by atoms with van der Waals surface area (Å²) in [5, 5.41) is 3.67. The van der Waals surface area contributed by atoms with Crippen molar-refractivity contribution in [2.75, 3.05) is 12.4 Å². The molecule has 1 aromatic carbocycles. The van der Waals surface area contributed by atoms with Crippen molar-refractivity contribution in [3.05, 3.63) is 58.3 Å². The van der Waals surface area contributed by atoms with Crippen molar-refractivity contribution in [3.8, 4) is 0 Å². The Morgan fingerprint density at radius 1 is 1.21 bits per heavy atom. The second kappa shape index (κ2) is 6.79. The first-order chi connectivity index (χ1) is 11.5. The fraction of sp³-hybridized carbons (Fsp3) is 0.235. The Morgan fingerprint density at radius 2 is 1.92 bits per heavy atom. The van der Waals surface area contributed by atoms with E-state index in [9.17, 15) is 9.59 Å². The number of halogens is 2. The van der Waals surface area contributed by atoms with Gasteiger partial charge >= 0.3 is 0 Å². The number of carbonyl (C=O) groups is 2. The molecule has 7 heteroatoms. The highest BCUT2D eigenvalue weighted by Gasteiger charge is 2.42. The van der Waals surface area contributed by atoms with Gasteiger partial charge in [0.25, 0.3) is 0 Å². The lowest BCUT2D eigenvalue weighted by Gasteiger charge is -2.25. The molecule has 1 N–H and O–H groups in total. The summed E-state index contributed by atoms with van der Waals surface area (Å²) in [7, 11) is 1.69. The average molecular weight is 364 g/mol. The lowest BCUT2D eigenvalue weighted by Crippen LogP contribution is -2.30. The molecular weight excluding hydrogens is 349 g/mol. The molecule has 3 rings (SSSR count). The summed E-state index contributed by atoms with van der Waals surface area (Å²) in [5.41, 5.74) is 1.43. The number of carbonyl (C=O) groups excluding carboxylic acids is 2. The van der Waals surface area contributed by atoms with E-state index in [1.165, 1.54) is 0 Å². The van der Waals surface area contributed by atoms with Crippen LogP contribution < -0.4 is 5.32 Å². The lowest BCUT2D eigenvalue weighted by atomic mass is 9.93. The van der Waals surface area contributed by atoms with Crippen molar-refractivity contribution in [1.82, 2.24) is 9.88 Å². The number of aromatic nitrogens is 1. The molecule has 5 nitrogen and oxygen atoms in total. The van der Waals surface area contributed by atoms with Crippen LogP contribution in [0.2, 0.25) is 10.0 Å². The molecule has 1 saturated heterocycles. The maximum absolute atomic E-state index is 12.7. The Kier molecular flexibility index (Phi) is 4.73. The molecule has 0 radical (unpaired) electrons. The highest BCUT2D eigenvalue weighted by atomic mass is 35.5. The third kappa shape index (κ3) is 3.23. The van der Waals surface area contributed by atoms with Gasteiger partial charge in [0.15, 0.2) is 0 Å². The minimum Gasteiger partial charge on any atom is -0.338 e. The lowest BCUT2D eigenvalue weighted by molar-refractivity contribution is -0.127. The summed E-state index contributed by atoms with van der Waals surface area (Å²) < 4.78 is 0. The molecule has 2 aromatic rings. The highest BCUT2D eigenvalue weighted by Crippen LogP contribution is 2.39. The van der Waals surface area contributed by atoms with Gasteiger partial charge in [0.1, 0.15) is 0 Å². The van der Waals surface area contributed by atoms with Crippen molar-refractivity contribution in [1.29, 1.82) is 0 Å². The molecular formula is C17H15Cl2N3O2. The molecule has 0 spiro atoms. The zero-order valence-electron chi connectivity index (χ0n) is 12.9. The molecule has 2 heterocycles. The van der Waals surface area contributed by atoms with Crippen molar-refractivity contribution < 1.29 is 9.59 Å². The summed E-state index contributed by atoms with van der Waals surface area (Å²) in [5.74, 6) is -0.802. The fourth-order valence-electron chi connectivity index (χ4n) is 2.93. The number of nitrogens with one attached hydrogen (secondary N) is 1. The summed E-state index contributed by atoms with van der Waals surface area (Å²) in [6.07, 6.45) is 3.34. The van der Waals surface area contributed by atoms with Crippen LogP contribution in [-0.4, -0.2) is 28.7 Å². The Labute approximate surface area is 149 Å². The van der Waals surface area contributed by atoms with Gasteiger partial charge in [0.2, 0.25) is 11.8 Å². The smallest absolute Gasteiger partial charge is 0.230 e. The standard InChI is InChI=1S/C17H15Cl2N3O2/c1-22-15(23)9-12(17(24)21-11-4-6-20-7-5-11)16(22)10-2-3-13(18)14(19)8-10/h2-8,12,16H,9H2,1H3,(H,20,21,24). The van der Waals surface area contributed by atoms with Crippen LogP contribution in [0.4, 0.5) is 5.69 Å². The summed E-state index contributed by atoms with van der Waals surface area (Å²) in [6, 6.07) is 8.19. The van der Waals surface area contributed by atoms with Gasteiger partial charge in [-0.3, -0.25) is 14.6 Å². The quantitative estimate of drug-likeness (QED) is 0.906. The molecule has 1 aromatic heterocycles. The van der Waals surface area contributed by atoms with Gasteiger partial charge in [-0.05, 0) is 29.8 Å². The van der Waals surface area contributed by atoms with Crippen LogP contribution in [0.25, 0.3) is 0 Å². The van der Waals surface area contributed by atoms with Crippen LogP contribution in [-0.2, 0) is 9.59 Å². The number of anilines is 1. The zero-order chi connectivity index (χ0) is 17.3. The number of hydrogen-bond acceptors (Lipinski definition) is 3. The number of pyridine rings is 1. The van der Waals surface area contributed by atoms with Gasteiger partial charge in [-0.2, -0.15) is 0 Å². The topological polar surface area (TPSA) is 62.3 Å². The Balaban J connectivity index is 1.88. The third-order valence-corrected chi connectivity index (χ3v) is 4.90. The first-order valence-electron chi connectivity index (χ1n) is 7.39. The Hall–Kier alpha value is -2.11. The van der Waals surface area contributed by atoms with E-state index in [1.807, 2.05) is 0 Å². The fourth-order valence-corrected chi connectivity index (χ4v) is 3.23. The molecule has 0 saturated carbocycles. The number of likely N-dealkylation sites (tertiary alicyclic amines) is 1. The van der Waals surface area contributed by atoms with Crippen LogP contribution >= 0.6 is 23.2 Å². The molecule has 1 aliphatic rings. The van der Waals surface area contributed by atoms with Crippen LogP contribution in [0.5, 0.6) is 0 Å². The van der Waals surface area contributed by atoms with Gasteiger partial charge in [-0.1, -0.05) is 29.3 Å². The first-order valence-corrected chi connectivity index (χ1v) is 8.14. The van der Waals surface area contributed by atoms with Crippen molar-refractivity contribution in [2.45, 2.75) is 12.5 Å². The van der Waals surface area contributed by atoms with E-state index in [-0.39, 0.29) is 24.3 Å². The number of benzene rings is 1. The minimum atomic E-state index is -0.507. The van der Waals surface area contributed by atoms with Crippen molar-refractivity contribution >= 4 is 40.7 Å². The van der Waals surface area contributed by atoms with Crippen molar-refractivity contribution in [2.24, 2.45) is 5.92 Å². The number of nitrogens with zero attached hydrogens (tertiary/aromatic N) is 2. The monoisotopic (exact) mass is 363 g/mol. The molecule has 24 heavy (non-hydrogen) atoms. The van der Waals surface area contributed by atoms with Gasteiger partial charge < -0.3 is 10.2 Å². The minimum absolute atomic E-state index is 0.0825. The molecule has 1 fully saturated rings. The van der Waals surface area contributed by atoms with Gasteiger partial charge in [0.05, 0.1) is 22.0 Å². The van der Waals surface area contributed by atoms with E-state index in [0.29, 0.717) is 15.7 Å². The molecule has 2 amide bonds. The van der Waals surface area contributed by atoms with E-state index < -0.39 is 5.92 Å². The Bertz CT molecular complexity index is 783. The summed E-state index contributed by atoms with van der Waals surface area (Å²) >= 11 is 12.1. The van der Waals surface area contributed by atoms with E-state index in [1.54, 1.807) is 54.7 Å². The van der Waals surface area contributed by atoms with E-state index in [0.717, 1.165) is 5.56 Å². The van der Waals surface area contributed by atoms with Gasteiger partial charge in [-0.25, -0.2) is 0 Å². The maximum Gasteiger partial charge on any atom is 0.230 e. The average Bonchev–Trinajstić information content (AvgIpc) is 2.87. The molecule has 2 unspecified atom stereocenters. The number of amides is 2. The SMILES string of the molecule is CN1C(=O)CC(C(=O)Nc2ccncc2)C1c1ccc(Cl)c(Cl)c1. The summed E-state index contributed by atoms with van der Waals surface area (Å²) in [6.45, 7) is 0. The van der Waals surface area contributed by atoms with Crippen LogP contribution in [0.1, 0.15) is 18.0 Å². The number of hydrogen-bond donors (Lipinski definition) is 1. The molecule has 124 valence electrons. The highest BCUT2D eigenvalue weighted by molar-refractivity contribution is 6.42. The Morgan fingerprint density at radius 3 is 2.58 bits per heavy atom. The second-order valence-corrected chi connectivity index (χ2v) is 6.47. The largest absolute Gasteiger partial charge is 0.338 e. The molecule has 1 aliphatic heterocycles. The maximum atomic E-state index is 12.7. The van der Waals surface area contributed by atoms with E-state index in [2.05, 4.69) is 10.3 Å². The van der Waals surface area contributed by atoms with Crippen LogP contribution in [0.15, 0.2) is 42.7 Å². The van der Waals surface area contributed by atoms with E-state index >= 15 is 0 Å². The molecule has 0 aliphatic carbocycles. The predicted octanol–water partition coefficient (Wildman–Crippen LogP) is 3.55. The second-order valence-electron chi connectivity index (χ2n) is 5.66. The van der Waals surface area contributed by atoms with Gasteiger partial charge in [-0.15, -0.1) is 0 Å². The predicted molar refractivity (Wildman–Crippen MR) is 92.9 cm³/mol. The zero-order valence-corrected chi connectivity index (χ0v) is 14.4. The molecule has 2 atom stereocenters. The van der Waals surface area contributed by atoms with Gasteiger partial charge in [0, 0.05) is 31.5 Å². The van der Waals surface area contributed by atoms with Crippen molar-refractivity contribution in [3.63, 3.8) is 0 Å². The number of rotatable bonds is 3.